The quantitative estimate of drug-likeness (QED) is 0.160. The Morgan fingerprint density at radius 2 is 0.720 bits per heavy atom. The summed E-state index contributed by atoms with van der Waals surface area (Å²) in [4.78, 5) is 13.6. The van der Waals surface area contributed by atoms with Gasteiger partial charge in [-0.1, -0.05) is 0 Å². The van der Waals surface area contributed by atoms with Gasteiger partial charge in [0.15, 0.2) is 0 Å². The molecule has 0 aromatic carbocycles. The molecule has 6 heteroatoms. The first-order valence-electron chi connectivity index (χ1n) is 10.8. The molecule has 0 saturated heterocycles. The molecule has 0 aromatic heterocycles. The molecule has 0 aliphatic carbocycles. The van der Waals surface area contributed by atoms with Crippen LogP contribution >= 0.6 is 25.5 Å². The predicted octanol–water partition coefficient (Wildman–Crippen LogP) is 7.19. The first kappa shape index (κ1) is 26.9. The molecule has 0 spiro atoms. The van der Waals surface area contributed by atoms with Gasteiger partial charge in [-0.15, -0.1) is 0 Å². The first-order valence-corrected chi connectivity index (χ1v) is 36.9. The monoisotopic (exact) mass is 605 g/mol. The number of rotatable bonds is 13. The second kappa shape index (κ2) is 10.1. The zero-order chi connectivity index (χ0) is 20.0. The maximum absolute atomic E-state index is 13.6. The number of hydrogen-bond acceptors (Lipinski definition) is 1. The van der Waals surface area contributed by atoms with Crippen LogP contribution in [0.2, 0.25) is 0 Å². The van der Waals surface area contributed by atoms with Crippen molar-refractivity contribution in [3.63, 3.8) is 0 Å². The van der Waals surface area contributed by atoms with Gasteiger partial charge in [-0.05, 0) is 0 Å². The molecule has 0 radical (unpaired) electrons. The summed E-state index contributed by atoms with van der Waals surface area (Å²) < 4.78 is 1.65. The summed E-state index contributed by atoms with van der Waals surface area (Å²) in [5.74, 6) is 0. The predicted molar refractivity (Wildman–Crippen MR) is 132 cm³/mol. The molecule has 1 nitrogen and oxygen atoms in total. The summed E-state index contributed by atoms with van der Waals surface area (Å²) >= 11 is -4.14. The molecule has 159 valence electrons. The zero-order valence-corrected chi connectivity index (χ0v) is 25.3. The normalized spacial score (nSPS) is 17.6. The molecule has 0 aromatic rings. The summed E-state index contributed by atoms with van der Waals surface area (Å²) in [6, 6.07) is 0. The van der Waals surface area contributed by atoms with Gasteiger partial charge in [0, 0.05) is 0 Å². The Hall–Kier alpha value is 1.94. The molecule has 0 atom stereocenters. The SMILES string of the molecule is CC[PH](CC)(CC)[W]([Cl])([CH]=O)([PH](CC)(CC)CC)[PH](CC)(CC)CC. The van der Waals surface area contributed by atoms with Gasteiger partial charge in [0.05, 0.1) is 0 Å². The molecule has 0 bridgehead atoms. The van der Waals surface area contributed by atoms with E-state index in [-0.39, 0.29) is 0 Å². The molecule has 0 heterocycles. The van der Waals surface area contributed by atoms with Crippen LogP contribution in [0.25, 0.3) is 0 Å². The Balaban J connectivity index is 7.64. The summed E-state index contributed by atoms with van der Waals surface area (Å²) in [5.41, 5.74) is 0. The standard InChI is InChI=1S/3C6H15P.CHO.ClH.W/c3*1-4-7(5-2)6-3;1-2;;/h3*4-6H2,1-3H3;1H;1H;/q;;;;;-2/p+2. The summed E-state index contributed by atoms with van der Waals surface area (Å²) in [5, 5.41) is -5.37. The van der Waals surface area contributed by atoms with E-state index in [9.17, 15) is 4.79 Å². The summed E-state index contributed by atoms with van der Waals surface area (Å²) in [7, 11) is 8.48. The third-order valence-corrected chi connectivity index (χ3v) is 200. The molecule has 0 aliphatic heterocycles. The van der Waals surface area contributed by atoms with Crippen LogP contribution in [0.5, 0.6) is 0 Å². The van der Waals surface area contributed by atoms with Crippen LogP contribution in [-0.2, 0) is 17.0 Å². The van der Waals surface area contributed by atoms with Gasteiger partial charge < -0.3 is 0 Å². The molecule has 0 amide bonds. The topological polar surface area (TPSA) is 17.1 Å². The third kappa shape index (κ3) is 3.13. The van der Waals surface area contributed by atoms with E-state index in [4.69, 9.17) is 9.42 Å². The van der Waals surface area contributed by atoms with E-state index in [0.717, 1.165) is 0 Å². The Morgan fingerprint density at radius 1 is 0.560 bits per heavy atom. The van der Waals surface area contributed by atoms with E-state index in [1.54, 1.807) is 4.68 Å². The van der Waals surface area contributed by atoms with Crippen LogP contribution in [0.3, 0.4) is 0 Å². The maximum atomic E-state index is 13.6. The van der Waals surface area contributed by atoms with Crippen LogP contribution in [0.4, 0.5) is 0 Å². The second-order valence-electron chi connectivity index (χ2n) is 7.81. The third-order valence-electron chi connectivity index (χ3n) is 8.52. The van der Waals surface area contributed by atoms with Crippen molar-refractivity contribution in [2.45, 2.75) is 62.3 Å². The van der Waals surface area contributed by atoms with Gasteiger partial charge in [-0.25, -0.2) is 0 Å². The van der Waals surface area contributed by atoms with Gasteiger partial charge in [0.2, 0.25) is 0 Å². The van der Waals surface area contributed by atoms with Gasteiger partial charge in [-0.2, -0.15) is 0 Å². The van der Waals surface area contributed by atoms with Gasteiger partial charge >= 0.3 is 165 Å². The van der Waals surface area contributed by atoms with Crippen molar-refractivity contribution in [2.24, 2.45) is 0 Å². The van der Waals surface area contributed by atoms with E-state index in [0.29, 0.717) is 0 Å². The van der Waals surface area contributed by atoms with Crippen molar-refractivity contribution in [3.8, 4) is 0 Å². The Bertz CT molecular complexity index is 355. The average Bonchev–Trinajstić information content (AvgIpc) is 2.67. The van der Waals surface area contributed by atoms with Crippen molar-refractivity contribution in [1.82, 2.24) is 0 Å². The first-order chi connectivity index (χ1) is 11.7. The number of carbonyl (C=O) groups is 1. The number of carbonyl (C=O) groups excluding carboxylic acids is 1. The van der Waals surface area contributed by atoms with E-state index < -0.39 is 28.3 Å². The van der Waals surface area contributed by atoms with Crippen LogP contribution < -0.4 is 0 Å². The molecular formula is C19H49ClOP3W. The van der Waals surface area contributed by atoms with Gasteiger partial charge in [0.1, 0.15) is 0 Å². The second-order valence-corrected chi connectivity index (χ2v) is 99.5. The molecule has 0 N–H and O–H groups in total. The van der Waals surface area contributed by atoms with Crippen LogP contribution in [0.15, 0.2) is 0 Å². The van der Waals surface area contributed by atoms with E-state index in [2.05, 4.69) is 62.3 Å². The zero-order valence-electron chi connectivity index (χ0n) is 18.6. The molecule has 0 rings (SSSR count). The summed E-state index contributed by atoms with van der Waals surface area (Å²) in [6.07, 6.45) is 11.2. The van der Waals surface area contributed by atoms with Crippen LogP contribution in [0, 0.1) is 0 Å². The molecule has 0 fully saturated rings. The van der Waals surface area contributed by atoms with Crippen molar-refractivity contribution in [1.29, 1.82) is 0 Å². The van der Waals surface area contributed by atoms with E-state index in [1.165, 1.54) is 55.5 Å². The molecular weight excluding hydrogens is 556 g/mol. The molecule has 25 heavy (non-hydrogen) atoms. The summed E-state index contributed by atoms with van der Waals surface area (Å²) in [6.45, 7) is 21.6. The minimum absolute atomic E-state index is 1.25. The van der Waals surface area contributed by atoms with Crippen LogP contribution in [0.1, 0.15) is 62.3 Å². The van der Waals surface area contributed by atoms with Gasteiger partial charge in [0.25, 0.3) is 0 Å². The Kier molecular flexibility index (Phi) is 10.9. The molecule has 0 saturated carbocycles. The fourth-order valence-electron chi connectivity index (χ4n) is 6.47. The van der Waals surface area contributed by atoms with Gasteiger partial charge in [-0.3, -0.25) is 0 Å². The fraction of sp³-hybridized carbons (Fsp3) is 0.947. The van der Waals surface area contributed by atoms with Crippen molar-refractivity contribution in [2.75, 3.05) is 55.5 Å². The number of halogens is 1. The number of hydrogen-bond donors (Lipinski definition) is 0. The molecule has 0 unspecified atom stereocenters. The minimum atomic E-state index is -4.14. The van der Waals surface area contributed by atoms with Crippen molar-refractivity contribution in [3.05, 3.63) is 0 Å². The Morgan fingerprint density at radius 3 is 0.800 bits per heavy atom. The van der Waals surface area contributed by atoms with Crippen molar-refractivity contribution >= 4 is 30.2 Å². The average molecular weight is 606 g/mol. The Labute approximate surface area is 164 Å². The fourth-order valence-corrected chi connectivity index (χ4v) is 266. The van der Waals surface area contributed by atoms with E-state index in [1.807, 2.05) is 0 Å². The van der Waals surface area contributed by atoms with Crippen molar-refractivity contribution < 1.29 is 17.0 Å². The van der Waals surface area contributed by atoms with E-state index >= 15 is 0 Å². The van der Waals surface area contributed by atoms with Crippen LogP contribution in [-0.4, -0.2) is 60.1 Å². The molecule has 0 aliphatic rings.